The smallest absolute Gasteiger partial charge is 0.309 e. The molecule has 0 radical (unpaired) electrons. The zero-order valence-corrected chi connectivity index (χ0v) is 59.9. The molecule has 1 N–H and O–H groups in total. The van der Waals surface area contributed by atoms with Crippen LogP contribution in [0.2, 0.25) is 0 Å². The van der Waals surface area contributed by atoms with E-state index in [1.807, 2.05) is 0 Å². The van der Waals surface area contributed by atoms with Gasteiger partial charge in [0.2, 0.25) is 6.10 Å². The van der Waals surface area contributed by atoms with Crippen molar-refractivity contribution < 1.29 is 33.7 Å². The van der Waals surface area contributed by atoms with Crippen LogP contribution >= 0.6 is 0 Å². The van der Waals surface area contributed by atoms with Gasteiger partial charge in [0.1, 0.15) is 6.10 Å². The van der Waals surface area contributed by atoms with Gasteiger partial charge in [-0.3, -0.25) is 14.4 Å². The summed E-state index contributed by atoms with van der Waals surface area (Å²) >= 11 is 0. The molecule has 0 spiro atoms. The van der Waals surface area contributed by atoms with Crippen molar-refractivity contribution in [3.05, 3.63) is 11.6 Å². The van der Waals surface area contributed by atoms with E-state index >= 15 is 0 Å². The quantitative estimate of drug-likeness (QED) is 0.0280. The van der Waals surface area contributed by atoms with E-state index in [0.717, 1.165) is 69.3 Å². The minimum Gasteiger partial charge on any atom is -0.451 e. The molecule has 1 unspecified atom stereocenters. The maximum atomic E-state index is 14.9. The number of unbranched alkanes of at least 4 members (excludes halogenated alkanes) is 42. The number of rotatable bonds is 56. The highest BCUT2D eigenvalue weighted by molar-refractivity contribution is 5.74. The Morgan fingerprint density at radius 1 is 0.455 bits per heavy atom. The second kappa shape index (κ2) is 47.1. The predicted molar refractivity (Wildman–Crippen MR) is 373 cm³/mol. The predicted octanol–water partition coefficient (Wildman–Crippen LogP) is 25.1. The molecule has 0 aliphatic heterocycles. The van der Waals surface area contributed by atoms with E-state index in [9.17, 15) is 19.5 Å². The van der Waals surface area contributed by atoms with Gasteiger partial charge in [0.05, 0.1) is 5.41 Å². The van der Waals surface area contributed by atoms with Gasteiger partial charge >= 0.3 is 23.7 Å². The van der Waals surface area contributed by atoms with E-state index in [0.29, 0.717) is 49.4 Å². The number of aliphatic hydroxyl groups excluding tert-OH is 1. The third kappa shape index (κ3) is 28.0. The van der Waals surface area contributed by atoms with Crippen LogP contribution in [0.25, 0.3) is 0 Å². The molecule has 0 aromatic heterocycles. The van der Waals surface area contributed by atoms with Crippen LogP contribution in [0.4, 0.5) is 0 Å². The molecule has 3 saturated carbocycles. The molecule has 3 fully saturated rings. The maximum Gasteiger partial charge on any atom is 0.309 e. The van der Waals surface area contributed by atoms with Gasteiger partial charge in [-0.05, 0) is 106 Å². The molecule has 0 aromatic carbocycles. The largest absolute Gasteiger partial charge is 0.451 e. The van der Waals surface area contributed by atoms with Gasteiger partial charge < -0.3 is 19.3 Å². The lowest BCUT2D eigenvalue weighted by molar-refractivity contribution is -0.338. The highest BCUT2D eigenvalue weighted by atomic mass is 16.8. The number of carbonyl (C=O) groups is 3. The summed E-state index contributed by atoms with van der Waals surface area (Å²) in [5.74, 6) is -0.341. The molecule has 4 aliphatic carbocycles. The lowest BCUT2D eigenvalue weighted by Crippen LogP contribution is -2.72. The summed E-state index contributed by atoms with van der Waals surface area (Å²) in [7, 11) is 0. The average Bonchev–Trinajstić information content (AvgIpc) is 0.943. The Bertz CT molecular complexity index is 1760. The summed E-state index contributed by atoms with van der Waals surface area (Å²) in [5, 5.41) is 12.6. The van der Waals surface area contributed by atoms with Crippen LogP contribution in [0, 0.1) is 46.3 Å². The van der Waals surface area contributed by atoms with Gasteiger partial charge in [-0.25, -0.2) is 0 Å². The van der Waals surface area contributed by atoms with Crippen molar-refractivity contribution in [1.29, 1.82) is 0 Å². The fraction of sp³-hybridized carbons (Fsp3) is 0.938. The first-order valence-electron chi connectivity index (χ1n) is 39.8. The zero-order chi connectivity index (χ0) is 63.6. The second-order valence-corrected chi connectivity index (χ2v) is 31.0. The Hall–Kier alpha value is -1.89. The van der Waals surface area contributed by atoms with Crippen molar-refractivity contribution >= 4 is 17.9 Å². The van der Waals surface area contributed by atoms with Gasteiger partial charge in [-0.2, -0.15) is 0 Å². The number of allylic oxidation sites excluding steroid dienone is 1. The van der Waals surface area contributed by atoms with Crippen LogP contribution in [-0.4, -0.2) is 41.0 Å². The SMILES string of the molecule is CCCCCCCCCCCCCCCCCC(=O)OC1[C@@H](O)CC2=CC[C@H]3[C@@H]4CC[C@H]([C@H](C)CCCC(C)C)[C@@]4(C)CC[C@@H]3[C@@]2(C)C1(OC(=O)CCCCCCCCCCCCCCCCC)OC(=O)CCCCCCCCCCCCCCCCC. The third-order valence-electron chi connectivity index (χ3n) is 23.3. The van der Waals surface area contributed by atoms with Crippen molar-refractivity contribution in [3.63, 3.8) is 0 Å². The Labute approximate surface area is 546 Å². The third-order valence-corrected chi connectivity index (χ3v) is 23.3. The van der Waals surface area contributed by atoms with E-state index in [1.54, 1.807) is 0 Å². The second-order valence-electron chi connectivity index (χ2n) is 31.0. The van der Waals surface area contributed by atoms with Crippen LogP contribution in [0.3, 0.4) is 0 Å². The van der Waals surface area contributed by atoms with E-state index in [2.05, 4.69) is 61.5 Å². The molecule has 7 heteroatoms. The molecule has 0 amide bonds. The Balaban J connectivity index is 1.49. The molecule has 7 nitrogen and oxygen atoms in total. The Morgan fingerprint density at radius 2 is 0.807 bits per heavy atom. The Morgan fingerprint density at radius 3 is 1.17 bits per heavy atom. The highest BCUT2D eigenvalue weighted by Crippen LogP contribution is 2.70. The van der Waals surface area contributed by atoms with E-state index in [4.69, 9.17) is 14.2 Å². The lowest BCUT2D eigenvalue weighted by atomic mass is 9.45. The number of ether oxygens (including phenoxy) is 3. The van der Waals surface area contributed by atoms with Crippen molar-refractivity contribution in [3.8, 4) is 0 Å². The fourth-order valence-electron chi connectivity index (χ4n) is 17.8. The molecule has 0 saturated heterocycles. The van der Waals surface area contributed by atoms with Crippen molar-refractivity contribution in [2.75, 3.05) is 0 Å². The topological polar surface area (TPSA) is 99.1 Å². The number of esters is 3. The molecule has 0 bridgehead atoms. The summed E-state index contributed by atoms with van der Waals surface area (Å²) < 4.78 is 20.7. The minimum absolute atomic E-state index is 0.0296. The lowest BCUT2D eigenvalue weighted by Gasteiger charge is -2.63. The first kappa shape index (κ1) is 78.6. The molecule has 9 atom stereocenters. The number of fused-ring (bicyclic) bond motifs is 5. The summed E-state index contributed by atoms with van der Waals surface area (Å²) in [4.78, 5) is 44.2. The van der Waals surface area contributed by atoms with E-state index in [1.165, 1.54) is 263 Å². The first-order chi connectivity index (χ1) is 42.8. The van der Waals surface area contributed by atoms with Gasteiger partial charge in [0.15, 0.2) is 0 Å². The van der Waals surface area contributed by atoms with E-state index in [-0.39, 0.29) is 30.6 Å². The molecule has 0 aromatic rings. The highest BCUT2D eigenvalue weighted by Gasteiger charge is 2.73. The zero-order valence-electron chi connectivity index (χ0n) is 59.9. The summed E-state index contributed by atoms with van der Waals surface area (Å²) in [6.45, 7) is 18.9. The normalized spacial score (nSPS) is 24.2. The van der Waals surface area contributed by atoms with Gasteiger partial charge in [-0.15, -0.1) is 0 Å². The minimum atomic E-state index is -1.99. The molecule has 514 valence electrons. The van der Waals surface area contributed by atoms with Crippen molar-refractivity contribution in [1.82, 2.24) is 0 Å². The molecule has 4 aliphatic rings. The number of aliphatic hydroxyl groups is 1. The first-order valence-corrected chi connectivity index (χ1v) is 39.8. The maximum absolute atomic E-state index is 14.9. The van der Waals surface area contributed by atoms with Crippen LogP contribution in [0.1, 0.15) is 421 Å². The number of hydrogen-bond acceptors (Lipinski definition) is 7. The van der Waals surface area contributed by atoms with Gasteiger partial charge in [0.25, 0.3) is 0 Å². The van der Waals surface area contributed by atoms with Crippen molar-refractivity contribution in [2.45, 2.75) is 439 Å². The molecular formula is C81H148O7. The molecule has 88 heavy (non-hydrogen) atoms. The molecule has 0 heterocycles. The summed E-state index contributed by atoms with van der Waals surface area (Å²) in [5.41, 5.74) is 0.229. The molecular weight excluding hydrogens is 1080 g/mol. The number of carbonyl (C=O) groups excluding carboxylic acids is 3. The van der Waals surface area contributed by atoms with Gasteiger partial charge in [-0.1, -0.05) is 349 Å². The number of hydrogen-bond donors (Lipinski definition) is 1. The fourth-order valence-corrected chi connectivity index (χ4v) is 17.8. The monoisotopic (exact) mass is 1230 g/mol. The Kier molecular flexibility index (Phi) is 42.0. The van der Waals surface area contributed by atoms with Crippen LogP contribution in [-0.2, 0) is 28.6 Å². The van der Waals surface area contributed by atoms with Crippen LogP contribution in [0.15, 0.2) is 11.6 Å². The van der Waals surface area contributed by atoms with Crippen molar-refractivity contribution in [2.24, 2.45) is 46.3 Å². The summed E-state index contributed by atoms with van der Waals surface area (Å²) in [6, 6.07) is 0. The summed E-state index contributed by atoms with van der Waals surface area (Å²) in [6.07, 6.45) is 65.8. The van der Waals surface area contributed by atoms with E-state index < -0.39 is 41.3 Å². The van der Waals surface area contributed by atoms with Gasteiger partial charge in [0, 0.05) is 19.3 Å². The van der Waals surface area contributed by atoms with Crippen LogP contribution < -0.4 is 0 Å². The standard InChI is InChI=1S/C81H148O7/c1-9-12-15-18-21-24-27-30-33-36-39-42-45-48-51-57-75(83)86-78-74(82)66-69-60-61-70-72-63-62-71(68(6)56-54-55-67(4)5)79(72,7)65-64-73(70)80(69,8)81(78,87-76(84)58-52-49-46-43-40-37-34-31-28-25-22-19-16-13-10-2)88-77(85)59-53-50-47-44-41-38-35-32-29-26-23-20-17-14-11-3/h60,67-68,70-74,78,82H,9-59,61-66H2,1-8H3/t68-,70+,71-,72+,73+,74+,78?,79-,80+/m1/s1. The average molecular weight is 1230 g/mol. The molecule has 4 rings (SSSR count). The van der Waals surface area contributed by atoms with Crippen LogP contribution in [0.5, 0.6) is 0 Å².